The van der Waals surface area contributed by atoms with E-state index in [0.717, 1.165) is 11.3 Å². The zero-order valence-electron chi connectivity index (χ0n) is 15.8. The second-order valence-electron chi connectivity index (χ2n) is 7.18. The van der Waals surface area contributed by atoms with Crippen LogP contribution in [0, 0.1) is 0 Å². The van der Waals surface area contributed by atoms with Gasteiger partial charge < -0.3 is 15.4 Å². The molecule has 1 saturated heterocycles. The highest BCUT2D eigenvalue weighted by atomic mass is 32.1. The number of hydrogen-bond donors (Lipinski definition) is 3. The maximum absolute atomic E-state index is 12.3. The highest BCUT2D eigenvalue weighted by molar-refractivity contribution is 7.14. The molecule has 0 aromatic carbocycles. The van der Waals surface area contributed by atoms with Crippen LogP contribution in [0.25, 0.3) is 0 Å². The van der Waals surface area contributed by atoms with Crippen LogP contribution in [0.5, 0.6) is 0 Å². The highest BCUT2D eigenvalue weighted by Gasteiger charge is 2.41. The number of hydrogen-bond acceptors (Lipinski definition) is 9. The van der Waals surface area contributed by atoms with Gasteiger partial charge in [0.2, 0.25) is 5.91 Å². The van der Waals surface area contributed by atoms with Crippen molar-refractivity contribution in [1.82, 2.24) is 30.4 Å². The van der Waals surface area contributed by atoms with Crippen LogP contribution in [0.3, 0.4) is 0 Å². The van der Waals surface area contributed by atoms with E-state index in [0.29, 0.717) is 6.54 Å². The van der Waals surface area contributed by atoms with Crippen LogP contribution >= 0.6 is 11.3 Å². The fraction of sp³-hybridized carbons (Fsp3) is 0.438. The molecular formula is C16H19N7O5S. The Labute approximate surface area is 169 Å². The Bertz CT molecular complexity index is 934. The number of nitrogens with zero attached hydrogens (tertiary/aromatic N) is 4. The minimum absolute atomic E-state index is 0.112. The lowest BCUT2D eigenvalue weighted by atomic mass is 9.98. The third-order valence-electron chi connectivity index (χ3n) is 3.70. The van der Waals surface area contributed by atoms with Crippen molar-refractivity contribution in [3.8, 4) is 0 Å². The lowest BCUT2D eigenvalue weighted by molar-refractivity contribution is -0.135. The number of nitrogens with one attached hydrogen (secondary N) is 3. The molecule has 0 saturated carbocycles. The van der Waals surface area contributed by atoms with Gasteiger partial charge in [-0.15, -0.1) is 11.3 Å². The quantitative estimate of drug-likeness (QED) is 0.333. The highest BCUT2D eigenvalue weighted by Crippen LogP contribution is 2.18. The number of rotatable bonds is 6. The molecule has 1 fully saturated rings. The van der Waals surface area contributed by atoms with Crippen LogP contribution < -0.4 is 16.0 Å². The summed E-state index contributed by atoms with van der Waals surface area (Å²) >= 11 is 0.970. The molecule has 154 valence electrons. The number of amides is 3. The van der Waals surface area contributed by atoms with E-state index in [1.54, 1.807) is 20.8 Å². The van der Waals surface area contributed by atoms with Crippen molar-refractivity contribution in [3.63, 3.8) is 0 Å². The van der Waals surface area contributed by atoms with Gasteiger partial charge in [0.25, 0.3) is 11.7 Å². The van der Waals surface area contributed by atoms with Gasteiger partial charge in [0.1, 0.15) is 30.0 Å². The van der Waals surface area contributed by atoms with E-state index in [4.69, 9.17) is 4.74 Å². The Balaban J connectivity index is 1.56. The van der Waals surface area contributed by atoms with Gasteiger partial charge in [-0.3, -0.25) is 24.4 Å². The number of carbonyl (C=O) groups excluding carboxylic acids is 4. The average Bonchev–Trinajstić information content (AvgIpc) is 3.28. The third kappa shape index (κ3) is 5.13. The first-order chi connectivity index (χ1) is 13.6. The summed E-state index contributed by atoms with van der Waals surface area (Å²) < 4.78 is 6.60. The van der Waals surface area contributed by atoms with Crippen LogP contribution in [-0.4, -0.2) is 61.1 Å². The molecule has 3 amide bonds. The average molecular weight is 421 g/mol. The lowest BCUT2D eigenvalue weighted by Crippen LogP contribution is -2.70. The van der Waals surface area contributed by atoms with Crippen LogP contribution in [0.15, 0.2) is 18.0 Å². The molecule has 1 aliphatic rings. The number of β-lactam (4-membered cyclic amide) rings is 1. The van der Waals surface area contributed by atoms with Gasteiger partial charge in [0, 0.05) is 5.38 Å². The number of thiazole rings is 1. The van der Waals surface area contributed by atoms with E-state index >= 15 is 0 Å². The van der Waals surface area contributed by atoms with Crippen molar-refractivity contribution in [2.24, 2.45) is 0 Å². The SMILES string of the molecule is CC(C)(C)OC(=O)Nc1nc(C(=O)C(=O)N[C@@H]2C(=O)N[C@@H]2Cn2cncn2)cs1. The zero-order valence-corrected chi connectivity index (χ0v) is 16.6. The topological polar surface area (TPSA) is 157 Å². The first-order valence-electron chi connectivity index (χ1n) is 8.56. The molecule has 3 heterocycles. The monoisotopic (exact) mass is 421 g/mol. The fourth-order valence-corrected chi connectivity index (χ4v) is 3.11. The largest absolute Gasteiger partial charge is 0.444 e. The Kier molecular flexibility index (Phi) is 5.59. The van der Waals surface area contributed by atoms with Crippen LogP contribution in [0.4, 0.5) is 9.93 Å². The van der Waals surface area contributed by atoms with Gasteiger partial charge in [0.15, 0.2) is 5.13 Å². The van der Waals surface area contributed by atoms with E-state index in [9.17, 15) is 19.2 Å². The van der Waals surface area contributed by atoms with Gasteiger partial charge in [0.05, 0.1) is 12.6 Å². The number of Topliss-reactive ketones (excluding diaryl/α,β-unsaturated/α-hetero) is 1. The number of ketones is 1. The predicted octanol–water partition coefficient (Wildman–Crippen LogP) is -0.0523. The maximum atomic E-state index is 12.3. The van der Waals surface area contributed by atoms with Crippen molar-refractivity contribution < 1.29 is 23.9 Å². The summed E-state index contributed by atoms with van der Waals surface area (Å²) in [6, 6.07) is -1.28. The van der Waals surface area contributed by atoms with E-state index in [-0.39, 0.29) is 10.8 Å². The van der Waals surface area contributed by atoms with Crippen LogP contribution in [0.2, 0.25) is 0 Å². The minimum Gasteiger partial charge on any atom is -0.444 e. The molecule has 3 rings (SSSR count). The fourth-order valence-electron chi connectivity index (χ4n) is 2.44. The smallest absolute Gasteiger partial charge is 0.413 e. The first kappa shape index (κ1) is 20.4. The summed E-state index contributed by atoms with van der Waals surface area (Å²) in [5, 5.41) is 12.8. The molecule has 12 nitrogen and oxygen atoms in total. The number of anilines is 1. The molecule has 2 aromatic heterocycles. The Morgan fingerprint density at radius 1 is 1.34 bits per heavy atom. The maximum Gasteiger partial charge on any atom is 0.413 e. The summed E-state index contributed by atoms with van der Waals surface area (Å²) in [5.41, 5.74) is -0.836. The number of ether oxygens (including phenoxy) is 1. The summed E-state index contributed by atoms with van der Waals surface area (Å²) in [5.74, 6) is -2.29. The Hall–Kier alpha value is -3.35. The van der Waals surface area contributed by atoms with Crippen LogP contribution in [0.1, 0.15) is 31.3 Å². The van der Waals surface area contributed by atoms with E-state index in [1.807, 2.05) is 0 Å². The molecule has 1 aliphatic heterocycles. The Morgan fingerprint density at radius 3 is 2.72 bits per heavy atom. The molecule has 0 unspecified atom stereocenters. The molecule has 2 aromatic rings. The third-order valence-corrected chi connectivity index (χ3v) is 4.46. The van der Waals surface area contributed by atoms with E-state index < -0.39 is 41.4 Å². The van der Waals surface area contributed by atoms with E-state index in [2.05, 4.69) is 31.0 Å². The standard InChI is InChI=1S/C16H19N7O5S/c1-16(2,3)28-15(27)22-14-20-9(5-29-14)11(24)13(26)21-10-8(19-12(10)25)4-23-7-17-6-18-23/h5-8,10H,4H2,1-3H3,(H,19,25)(H,21,26)(H,20,22,27)/t8-,10+/m1/s1. The Morgan fingerprint density at radius 2 is 2.10 bits per heavy atom. The van der Waals surface area contributed by atoms with E-state index in [1.165, 1.54) is 22.7 Å². The van der Waals surface area contributed by atoms with Crippen molar-refractivity contribution >= 4 is 40.2 Å². The summed E-state index contributed by atoms with van der Waals surface area (Å²) in [6.45, 7) is 5.42. The van der Waals surface area contributed by atoms with Gasteiger partial charge >= 0.3 is 6.09 Å². The molecule has 3 N–H and O–H groups in total. The summed E-state index contributed by atoms with van der Waals surface area (Å²) in [7, 11) is 0. The molecule has 0 spiro atoms. The second-order valence-corrected chi connectivity index (χ2v) is 8.04. The second kappa shape index (κ2) is 7.95. The molecule has 29 heavy (non-hydrogen) atoms. The molecule has 2 atom stereocenters. The van der Waals surface area contributed by atoms with Crippen molar-refractivity contribution in [3.05, 3.63) is 23.7 Å². The molecular weight excluding hydrogens is 402 g/mol. The molecule has 0 aliphatic carbocycles. The van der Waals surface area contributed by atoms with Gasteiger partial charge in [-0.2, -0.15) is 5.10 Å². The van der Waals surface area contributed by atoms with Gasteiger partial charge in [-0.25, -0.2) is 14.8 Å². The van der Waals surface area contributed by atoms with Crippen molar-refractivity contribution in [2.75, 3.05) is 5.32 Å². The lowest BCUT2D eigenvalue weighted by Gasteiger charge is -2.36. The van der Waals surface area contributed by atoms with Gasteiger partial charge in [-0.05, 0) is 20.8 Å². The zero-order chi connectivity index (χ0) is 21.2. The molecule has 13 heteroatoms. The minimum atomic E-state index is -0.970. The summed E-state index contributed by atoms with van der Waals surface area (Å²) in [4.78, 5) is 55.8. The number of aromatic nitrogens is 4. The number of carbonyl (C=O) groups is 4. The normalized spacial score (nSPS) is 18.4. The predicted molar refractivity (Wildman–Crippen MR) is 100 cm³/mol. The first-order valence-corrected chi connectivity index (χ1v) is 9.44. The van der Waals surface area contributed by atoms with Gasteiger partial charge in [-0.1, -0.05) is 0 Å². The van der Waals surface area contributed by atoms with Crippen molar-refractivity contribution in [2.45, 2.75) is 45.0 Å². The molecule has 0 radical (unpaired) electrons. The van der Waals surface area contributed by atoms with Crippen molar-refractivity contribution in [1.29, 1.82) is 0 Å². The van der Waals surface area contributed by atoms with Crippen LogP contribution in [-0.2, 0) is 20.9 Å². The molecule has 0 bridgehead atoms. The summed E-state index contributed by atoms with van der Waals surface area (Å²) in [6.07, 6.45) is 2.10.